The molecule has 238 valence electrons. The second-order valence-electron chi connectivity index (χ2n) is 13.5. The van der Waals surface area contributed by atoms with Crippen molar-refractivity contribution in [3.05, 3.63) is 80.9 Å². The molecule has 0 amide bonds. The van der Waals surface area contributed by atoms with Crippen LogP contribution in [0.25, 0.3) is 0 Å². The molecule has 44 heavy (non-hydrogen) atoms. The van der Waals surface area contributed by atoms with E-state index in [2.05, 4.69) is 9.80 Å². The summed E-state index contributed by atoms with van der Waals surface area (Å²) in [5, 5.41) is 22.3. The van der Waals surface area contributed by atoms with Crippen LogP contribution >= 0.6 is 0 Å². The number of rotatable bonds is 8. The Kier molecular flexibility index (Phi) is 9.68. The van der Waals surface area contributed by atoms with Crippen molar-refractivity contribution < 1.29 is 28.9 Å². The number of carbonyl (C=O) groups excluding carboxylic acids is 1. The number of hydrogen-bond acceptors (Lipinski definition) is 9. The number of ether oxygens (including phenoxy) is 2. The lowest BCUT2D eigenvalue weighted by Crippen LogP contribution is -2.46. The number of carbonyl (C=O) groups is 1. The van der Waals surface area contributed by atoms with Crippen LogP contribution in [-0.2, 0) is 26.9 Å². The van der Waals surface area contributed by atoms with Crippen molar-refractivity contribution in [2.24, 2.45) is 0 Å². The van der Waals surface area contributed by atoms with E-state index in [4.69, 9.17) is 13.9 Å². The first-order chi connectivity index (χ1) is 20.6. The molecule has 9 heteroatoms. The minimum atomic E-state index is -0.815. The van der Waals surface area contributed by atoms with Gasteiger partial charge in [-0.25, -0.2) is 0 Å². The zero-order valence-corrected chi connectivity index (χ0v) is 27.2. The van der Waals surface area contributed by atoms with E-state index in [1.54, 1.807) is 7.11 Å². The standard InChI is InChI=1S/C35H46N2O7/c1-34(2,3)27-17-22(18-28(31(27)40)35(4,5)6)26(20-30(39)43-8)33-32(41)29(38)19-25(44-33)21-36-13-15-37(16-14-36)23-9-11-24(42-7)12-10-23/h9-12,17-19,26,40-41H,13-16,20-21H2,1-8H3/t26-/m0/s1. The molecule has 0 bridgehead atoms. The Morgan fingerprint density at radius 3 is 1.95 bits per heavy atom. The van der Waals surface area contributed by atoms with Crippen LogP contribution in [0.2, 0.25) is 0 Å². The maximum Gasteiger partial charge on any atom is 0.306 e. The first-order valence-electron chi connectivity index (χ1n) is 15.0. The first kappa shape index (κ1) is 32.9. The van der Waals surface area contributed by atoms with E-state index in [9.17, 15) is 19.8 Å². The van der Waals surface area contributed by atoms with Crippen molar-refractivity contribution in [1.29, 1.82) is 0 Å². The van der Waals surface area contributed by atoms with Crippen LogP contribution in [0.5, 0.6) is 17.2 Å². The van der Waals surface area contributed by atoms with Gasteiger partial charge < -0.3 is 29.0 Å². The zero-order chi connectivity index (χ0) is 32.4. The quantitative estimate of drug-likeness (QED) is 0.313. The highest BCUT2D eigenvalue weighted by Gasteiger charge is 2.32. The van der Waals surface area contributed by atoms with Crippen LogP contribution < -0.4 is 15.1 Å². The summed E-state index contributed by atoms with van der Waals surface area (Å²) in [4.78, 5) is 30.3. The zero-order valence-electron chi connectivity index (χ0n) is 27.2. The highest BCUT2D eigenvalue weighted by molar-refractivity contribution is 5.71. The number of phenolic OH excluding ortho intramolecular Hbond substituents is 1. The minimum absolute atomic E-state index is 0.0141. The average molecular weight is 607 g/mol. The molecule has 1 aromatic heterocycles. The summed E-state index contributed by atoms with van der Waals surface area (Å²) in [5.74, 6) is -0.438. The van der Waals surface area contributed by atoms with Gasteiger partial charge in [-0.1, -0.05) is 53.7 Å². The second kappa shape index (κ2) is 12.9. The van der Waals surface area contributed by atoms with E-state index in [0.29, 0.717) is 29.0 Å². The molecule has 4 rings (SSSR count). The van der Waals surface area contributed by atoms with Crippen molar-refractivity contribution in [2.75, 3.05) is 45.3 Å². The Hall–Kier alpha value is -3.98. The van der Waals surface area contributed by atoms with Gasteiger partial charge in [0.1, 0.15) is 17.3 Å². The van der Waals surface area contributed by atoms with E-state index in [1.807, 2.05) is 77.9 Å². The molecule has 0 aliphatic carbocycles. The van der Waals surface area contributed by atoms with Crippen molar-refractivity contribution in [3.63, 3.8) is 0 Å². The first-order valence-corrected chi connectivity index (χ1v) is 15.0. The molecule has 1 aliphatic rings. The molecular formula is C35H46N2O7. The van der Waals surface area contributed by atoms with Crippen LogP contribution in [0.15, 0.2) is 51.7 Å². The summed E-state index contributed by atoms with van der Waals surface area (Å²) < 4.78 is 16.6. The second-order valence-corrected chi connectivity index (χ2v) is 13.5. The number of esters is 1. The van der Waals surface area contributed by atoms with Crippen molar-refractivity contribution in [1.82, 2.24) is 4.90 Å². The van der Waals surface area contributed by atoms with E-state index >= 15 is 0 Å². The van der Waals surface area contributed by atoms with Crippen molar-refractivity contribution in [3.8, 4) is 17.2 Å². The highest BCUT2D eigenvalue weighted by Crippen LogP contribution is 2.43. The molecule has 0 spiro atoms. The lowest BCUT2D eigenvalue weighted by Gasteiger charge is -2.36. The maximum absolute atomic E-state index is 13.1. The number of benzene rings is 2. The van der Waals surface area contributed by atoms with Crippen LogP contribution in [-0.4, -0.2) is 61.5 Å². The van der Waals surface area contributed by atoms with Gasteiger partial charge in [0.15, 0.2) is 5.76 Å². The Morgan fingerprint density at radius 1 is 0.886 bits per heavy atom. The summed E-state index contributed by atoms with van der Waals surface area (Å²) in [7, 11) is 2.95. The van der Waals surface area contributed by atoms with Gasteiger partial charge in [-0.15, -0.1) is 0 Å². The molecule has 1 fully saturated rings. The molecule has 2 aromatic carbocycles. The summed E-state index contributed by atoms with van der Waals surface area (Å²) in [6.07, 6.45) is -0.158. The van der Waals surface area contributed by atoms with Crippen LogP contribution in [0, 0.1) is 0 Å². The molecule has 3 aromatic rings. The summed E-state index contributed by atoms with van der Waals surface area (Å²) in [6.45, 7) is 15.5. The highest BCUT2D eigenvalue weighted by atomic mass is 16.5. The van der Waals surface area contributed by atoms with Crippen LogP contribution in [0.1, 0.15) is 82.1 Å². The number of hydrogen-bond donors (Lipinski definition) is 2. The van der Waals surface area contributed by atoms with E-state index in [-0.39, 0.29) is 17.9 Å². The molecule has 2 heterocycles. The van der Waals surface area contributed by atoms with Gasteiger partial charge >= 0.3 is 5.97 Å². The van der Waals surface area contributed by atoms with Gasteiger partial charge in [0.2, 0.25) is 11.2 Å². The molecule has 0 radical (unpaired) electrons. The monoisotopic (exact) mass is 606 g/mol. The Bertz CT molecular complexity index is 1490. The fourth-order valence-corrected chi connectivity index (χ4v) is 5.66. The fraction of sp³-hybridized carbons (Fsp3) is 0.486. The van der Waals surface area contributed by atoms with E-state index in [1.165, 1.54) is 13.2 Å². The molecule has 9 nitrogen and oxygen atoms in total. The lowest BCUT2D eigenvalue weighted by atomic mass is 9.76. The Balaban J connectivity index is 1.68. The SMILES string of the molecule is COC(=O)C[C@@H](c1cc(C(C)(C)C)c(O)c(C(C)(C)C)c1)c1oc(CN2CCN(c3ccc(OC)cc3)CC2)cc(=O)c1O. The third kappa shape index (κ3) is 7.38. The molecule has 0 saturated carbocycles. The van der Waals surface area contributed by atoms with Gasteiger partial charge in [-0.05, 0) is 51.8 Å². The maximum atomic E-state index is 13.1. The van der Waals surface area contributed by atoms with Gasteiger partial charge in [0.25, 0.3) is 0 Å². The largest absolute Gasteiger partial charge is 0.507 e. The molecule has 1 atom stereocenters. The van der Waals surface area contributed by atoms with Crippen molar-refractivity contribution in [2.45, 2.75) is 71.3 Å². The third-order valence-corrected chi connectivity index (χ3v) is 8.25. The number of anilines is 1. The van der Waals surface area contributed by atoms with Gasteiger partial charge in [-0.2, -0.15) is 0 Å². The average Bonchev–Trinajstić information content (AvgIpc) is 2.97. The molecule has 1 aliphatic heterocycles. The molecule has 2 N–H and O–H groups in total. The third-order valence-electron chi connectivity index (χ3n) is 8.25. The lowest BCUT2D eigenvalue weighted by molar-refractivity contribution is -0.140. The summed E-state index contributed by atoms with van der Waals surface area (Å²) >= 11 is 0. The number of methoxy groups -OCH3 is 2. The van der Waals surface area contributed by atoms with Gasteiger partial charge in [-0.3, -0.25) is 14.5 Å². The fourth-order valence-electron chi connectivity index (χ4n) is 5.66. The predicted octanol–water partition coefficient (Wildman–Crippen LogP) is 5.67. The van der Waals surface area contributed by atoms with Gasteiger partial charge in [0, 0.05) is 37.9 Å². The number of aromatic hydroxyl groups is 2. The van der Waals surface area contributed by atoms with Gasteiger partial charge in [0.05, 0.1) is 33.1 Å². The molecule has 1 saturated heterocycles. The van der Waals surface area contributed by atoms with Crippen LogP contribution in [0.4, 0.5) is 5.69 Å². The molecule has 0 unspecified atom stereocenters. The summed E-state index contributed by atoms with van der Waals surface area (Å²) in [6, 6.07) is 13.0. The molecular weight excluding hydrogens is 560 g/mol. The Labute approximate surface area is 260 Å². The number of nitrogens with zero attached hydrogens (tertiary/aromatic N) is 2. The van der Waals surface area contributed by atoms with Crippen LogP contribution in [0.3, 0.4) is 0 Å². The van der Waals surface area contributed by atoms with E-state index < -0.39 is 33.9 Å². The predicted molar refractivity (Wildman–Crippen MR) is 171 cm³/mol. The Morgan fingerprint density at radius 2 is 1.45 bits per heavy atom. The normalized spacial score (nSPS) is 15.2. The van der Waals surface area contributed by atoms with Crippen molar-refractivity contribution >= 4 is 11.7 Å². The van der Waals surface area contributed by atoms with E-state index in [0.717, 1.165) is 37.6 Å². The summed E-state index contributed by atoms with van der Waals surface area (Å²) in [5.41, 5.74) is 1.74. The smallest absolute Gasteiger partial charge is 0.306 e. The topological polar surface area (TPSA) is 113 Å². The number of phenols is 1. The number of piperazine rings is 1. The minimum Gasteiger partial charge on any atom is -0.507 e.